The Labute approximate surface area is 97.2 Å². The second kappa shape index (κ2) is 4.55. The summed E-state index contributed by atoms with van der Waals surface area (Å²) in [6, 6.07) is 4.80. The summed E-state index contributed by atoms with van der Waals surface area (Å²) in [5.41, 5.74) is 2.10. The van der Waals surface area contributed by atoms with E-state index in [0.717, 1.165) is 11.1 Å². The average Bonchev–Trinajstić information content (AvgIpc) is 2.15. The van der Waals surface area contributed by atoms with Crippen LogP contribution < -0.4 is 0 Å². The number of hydrogen-bond acceptors (Lipinski definition) is 2. The third-order valence-electron chi connectivity index (χ3n) is 2.60. The van der Waals surface area contributed by atoms with Crippen LogP contribution in [0, 0.1) is 0 Å². The summed E-state index contributed by atoms with van der Waals surface area (Å²) >= 11 is 0. The first-order valence-electron chi connectivity index (χ1n) is 5.34. The zero-order valence-corrected chi connectivity index (χ0v) is 10.9. The SMILES string of the molecule is CC(C)c1ccc(S(=O)(=O)O)cc1C(C)C. The molecule has 0 amide bonds. The van der Waals surface area contributed by atoms with Crippen molar-refractivity contribution in [2.24, 2.45) is 0 Å². The van der Waals surface area contributed by atoms with Crippen molar-refractivity contribution in [3.8, 4) is 0 Å². The summed E-state index contributed by atoms with van der Waals surface area (Å²) in [4.78, 5) is -0.0272. The van der Waals surface area contributed by atoms with E-state index in [-0.39, 0.29) is 10.8 Å². The van der Waals surface area contributed by atoms with Gasteiger partial charge in [0, 0.05) is 0 Å². The fourth-order valence-corrected chi connectivity index (χ4v) is 2.25. The van der Waals surface area contributed by atoms with Gasteiger partial charge in [0.15, 0.2) is 0 Å². The zero-order chi connectivity index (χ0) is 12.5. The lowest BCUT2D eigenvalue weighted by molar-refractivity contribution is 0.483. The maximum Gasteiger partial charge on any atom is 0.294 e. The van der Waals surface area contributed by atoms with Gasteiger partial charge in [0.2, 0.25) is 0 Å². The molecule has 0 aromatic heterocycles. The third kappa shape index (κ3) is 2.83. The minimum absolute atomic E-state index is 0.0272. The van der Waals surface area contributed by atoms with Crippen LogP contribution in [0.5, 0.6) is 0 Å². The zero-order valence-electron chi connectivity index (χ0n) is 10.1. The smallest absolute Gasteiger partial charge is 0.282 e. The van der Waals surface area contributed by atoms with Crippen LogP contribution in [0.25, 0.3) is 0 Å². The van der Waals surface area contributed by atoms with Crippen molar-refractivity contribution in [2.45, 2.75) is 44.4 Å². The minimum Gasteiger partial charge on any atom is -0.282 e. The maximum absolute atomic E-state index is 11.0. The summed E-state index contributed by atoms with van der Waals surface area (Å²) in [6.45, 7) is 8.15. The molecule has 4 heteroatoms. The van der Waals surface area contributed by atoms with Gasteiger partial charge in [0.25, 0.3) is 10.1 Å². The molecule has 1 aromatic rings. The number of benzene rings is 1. The highest BCUT2D eigenvalue weighted by Gasteiger charge is 2.15. The van der Waals surface area contributed by atoms with E-state index < -0.39 is 10.1 Å². The quantitative estimate of drug-likeness (QED) is 0.828. The van der Waals surface area contributed by atoms with E-state index in [4.69, 9.17) is 4.55 Å². The molecule has 0 radical (unpaired) electrons. The van der Waals surface area contributed by atoms with E-state index in [1.54, 1.807) is 12.1 Å². The highest BCUT2D eigenvalue weighted by atomic mass is 32.2. The molecule has 0 heterocycles. The van der Waals surface area contributed by atoms with Gasteiger partial charge in [-0.3, -0.25) is 4.55 Å². The Morgan fingerprint density at radius 3 is 1.88 bits per heavy atom. The Kier molecular flexibility index (Phi) is 3.76. The lowest BCUT2D eigenvalue weighted by atomic mass is 9.91. The second-order valence-electron chi connectivity index (χ2n) is 4.58. The molecule has 1 aromatic carbocycles. The molecule has 3 nitrogen and oxygen atoms in total. The van der Waals surface area contributed by atoms with Crippen LogP contribution in [-0.2, 0) is 10.1 Å². The monoisotopic (exact) mass is 242 g/mol. The molecule has 0 spiro atoms. The molecular formula is C12H18O3S. The molecule has 90 valence electrons. The van der Waals surface area contributed by atoms with Crippen LogP contribution in [0.1, 0.15) is 50.7 Å². The highest BCUT2D eigenvalue weighted by molar-refractivity contribution is 7.85. The summed E-state index contributed by atoms with van der Waals surface area (Å²) in [5.74, 6) is 0.576. The van der Waals surface area contributed by atoms with Crippen molar-refractivity contribution >= 4 is 10.1 Å². The van der Waals surface area contributed by atoms with E-state index >= 15 is 0 Å². The topological polar surface area (TPSA) is 54.4 Å². The predicted octanol–water partition coefficient (Wildman–Crippen LogP) is 3.18. The van der Waals surface area contributed by atoms with Crippen molar-refractivity contribution in [1.82, 2.24) is 0 Å². The van der Waals surface area contributed by atoms with Crippen LogP contribution >= 0.6 is 0 Å². The van der Waals surface area contributed by atoms with Crippen molar-refractivity contribution in [2.75, 3.05) is 0 Å². The minimum atomic E-state index is -4.10. The van der Waals surface area contributed by atoms with Crippen LogP contribution in [0.4, 0.5) is 0 Å². The van der Waals surface area contributed by atoms with Crippen LogP contribution in [-0.4, -0.2) is 13.0 Å². The molecule has 16 heavy (non-hydrogen) atoms. The Balaban J connectivity index is 3.40. The molecule has 0 bridgehead atoms. The van der Waals surface area contributed by atoms with Gasteiger partial charge in [-0.25, -0.2) is 0 Å². The normalized spacial score (nSPS) is 12.4. The molecule has 0 saturated carbocycles. The van der Waals surface area contributed by atoms with Crippen LogP contribution in [0.15, 0.2) is 23.1 Å². The molecule has 0 aliphatic carbocycles. The van der Waals surface area contributed by atoms with Gasteiger partial charge < -0.3 is 0 Å². The molecule has 0 saturated heterocycles. The van der Waals surface area contributed by atoms with Crippen molar-refractivity contribution in [3.63, 3.8) is 0 Å². The predicted molar refractivity (Wildman–Crippen MR) is 64.4 cm³/mol. The van der Waals surface area contributed by atoms with Gasteiger partial charge in [-0.05, 0) is 35.1 Å². The van der Waals surface area contributed by atoms with Crippen molar-refractivity contribution < 1.29 is 13.0 Å². The standard InChI is InChI=1S/C12H18O3S/c1-8(2)11-6-5-10(16(13,14)15)7-12(11)9(3)4/h5-9H,1-4H3,(H,13,14,15). The first-order valence-corrected chi connectivity index (χ1v) is 6.78. The molecule has 0 fully saturated rings. The molecule has 1 rings (SSSR count). The van der Waals surface area contributed by atoms with E-state index in [1.165, 1.54) is 6.07 Å². The van der Waals surface area contributed by atoms with E-state index in [2.05, 4.69) is 13.8 Å². The largest absolute Gasteiger partial charge is 0.294 e. The lowest BCUT2D eigenvalue weighted by Crippen LogP contribution is -2.04. The first-order chi connectivity index (χ1) is 7.23. The summed E-state index contributed by atoms with van der Waals surface area (Å²) in [6.07, 6.45) is 0. The van der Waals surface area contributed by atoms with Gasteiger partial charge in [-0.1, -0.05) is 33.8 Å². The van der Waals surface area contributed by atoms with Gasteiger partial charge in [0.05, 0.1) is 4.90 Å². The molecule has 0 aliphatic rings. The maximum atomic E-state index is 11.0. The fourth-order valence-electron chi connectivity index (χ4n) is 1.74. The van der Waals surface area contributed by atoms with Gasteiger partial charge >= 0.3 is 0 Å². The van der Waals surface area contributed by atoms with Crippen molar-refractivity contribution in [1.29, 1.82) is 0 Å². The van der Waals surface area contributed by atoms with Gasteiger partial charge in [0.1, 0.15) is 0 Å². The van der Waals surface area contributed by atoms with Crippen LogP contribution in [0.3, 0.4) is 0 Å². The van der Waals surface area contributed by atoms with Gasteiger partial charge in [-0.15, -0.1) is 0 Å². The van der Waals surface area contributed by atoms with E-state index in [1.807, 2.05) is 13.8 Å². The first kappa shape index (κ1) is 13.2. The van der Waals surface area contributed by atoms with E-state index in [0.29, 0.717) is 5.92 Å². The number of rotatable bonds is 3. The van der Waals surface area contributed by atoms with E-state index in [9.17, 15) is 8.42 Å². The molecule has 0 atom stereocenters. The molecule has 0 unspecified atom stereocenters. The van der Waals surface area contributed by atoms with Crippen molar-refractivity contribution in [3.05, 3.63) is 29.3 Å². The Morgan fingerprint density at radius 2 is 1.50 bits per heavy atom. The average molecular weight is 242 g/mol. The Morgan fingerprint density at radius 1 is 1.00 bits per heavy atom. The summed E-state index contributed by atoms with van der Waals surface area (Å²) < 4.78 is 31.1. The molecule has 0 aliphatic heterocycles. The summed E-state index contributed by atoms with van der Waals surface area (Å²) in [5, 5.41) is 0. The second-order valence-corrected chi connectivity index (χ2v) is 6.00. The summed E-state index contributed by atoms with van der Waals surface area (Å²) in [7, 11) is -4.10. The third-order valence-corrected chi connectivity index (χ3v) is 3.45. The Hall–Kier alpha value is -0.870. The molecular weight excluding hydrogens is 224 g/mol. The lowest BCUT2D eigenvalue weighted by Gasteiger charge is -2.16. The number of hydrogen-bond donors (Lipinski definition) is 1. The highest BCUT2D eigenvalue weighted by Crippen LogP contribution is 2.28. The Bertz CT molecular complexity index is 473. The van der Waals surface area contributed by atoms with Crippen LogP contribution in [0.2, 0.25) is 0 Å². The van der Waals surface area contributed by atoms with Gasteiger partial charge in [-0.2, -0.15) is 8.42 Å². The fraction of sp³-hybridized carbons (Fsp3) is 0.500. The molecule has 1 N–H and O–H groups in total.